The number of hydrogen-bond acceptors (Lipinski definition) is 4. The van der Waals surface area contributed by atoms with Gasteiger partial charge in [-0.25, -0.2) is 0 Å². The van der Waals surface area contributed by atoms with E-state index in [2.05, 4.69) is 39.8 Å². The summed E-state index contributed by atoms with van der Waals surface area (Å²) in [5.41, 5.74) is -0.712. The Morgan fingerprint density at radius 3 is 2.33 bits per heavy atom. The second-order valence-electron chi connectivity index (χ2n) is 17.1. The molecule has 1 heterocycles. The predicted molar refractivity (Wildman–Crippen MR) is 154 cm³/mol. The van der Waals surface area contributed by atoms with E-state index in [0.717, 1.165) is 64.2 Å². The highest BCUT2D eigenvalue weighted by Crippen LogP contribution is 2.85. The number of allylic oxidation sites excluding steroid dienone is 2. The number of fused-ring (bicyclic) bond motifs is 5. The predicted octanol–water partition coefficient (Wildman–Crippen LogP) is 6.96. The molecule has 1 aliphatic heterocycles. The first kappa shape index (κ1) is 27.9. The average molecular weight is 555 g/mol. The van der Waals surface area contributed by atoms with E-state index in [9.17, 15) is 20.1 Å². The third-order valence-electron chi connectivity index (χ3n) is 16.3. The molecule has 0 radical (unpaired) electrons. The van der Waals surface area contributed by atoms with Crippen molar-refractivity contribution in [2.24, 2.45) is 61.6 Å². The van der Waals surface area contributed by atoms with Crippen molar-refractivity contribution >= 4 is 5.97 Å². The maximum absolute atomic E-state index is 12.5. The number of carboxylic acids is 1. The number of ether oxygens (including phenoxy) is 1. The number of aliphatic carboxylic acids is 1. The Labute approximate surface area is 241 Å². The highest BCUT2D eigenvalue weighted by molar-refractivity contribution is 5.74. The van der Waals surface area contributed by atoms with Crippen LogP contribution in [0.1, 0.15) is 118 Å². The monoisotopic (exact) mass is 554 g/mol. The molecule has 7 aliphatic rings. The van der Waals surface area contributed by atoms with Crippen LogP contribution in [0.4, 0.5) is 0 Å². The summed E-state index contributed by atoms with van der Waals surface area (Å²) in [6.07, 6.45) is 17.7. The zero-order valence-corrected chi connectivity index (χ0v) is 25.7. The van der Waals surface area contributed by atoms with Crippen LogP contribution in [0, 0.1) is 61.6 Å². The Kier molecular flexibility index (Phi) is 5.70. The van der Waals surface area contributed by atoms with Gasteiger partial charge in [0.25, 0.3) is 0 Å². The summed E-state index contributed by atoms with van der Waals surface area (Å²) in [6, 6.07) is 0. The lowest BCUT2D eigenvalue weighted by molar-refractivity contribution is -0.326. The van der Waals surface area contributed by atoms with Gasteiger partial charge in [-0.2, -0.15) is 0 Å². The average Bonchev–Trinajstić information content (AvgIpc) is 3.11. The maximum atomic E-state index is 12.5. The normalized spacial score (nSPS) is 59.8. The molecule has 0 aromatic carbocycles. The van der Waals surface area contributed by atoms with Crippen molar-refractivity contribution < 1.29 is 24.9 Å². The molecule has 7 rings (SSSR count). The van der Waals surface area contributed by atoms with E-state index in [1.807, 2.05) is 6.92 Å². The van der Waals surface area contributed by atoms with Crippen LogP contribution in [-0.4, -0.2) is 40.3 Å². The van der Waals surface area contributed by atoms with Crippen LogP contribution in [-0.2, 0) is 9.53 Å². The second kappa shape index (κ2) is 8.17. The van der Waals surface area contributed by atoms with Crippen molar-refractivity contribution in [2.45, 2.75) is 124 Å². The Bertz CT molecular complexity index is 1130. The molecular formula is C35H54O5. The molecule has 5 saturated carbocycles. The van der Waals surface area contributed by atoms with Gasteiger partial charge in [0, 0.05) is 23.2 Å². The number of aliphatic hydroxyl groups excluding tert-OH is 1. The van der Waals surface area contributed by atoms with Gasteiger partial charge in [0.15, 0.2) is 5.79 Å². The summed E-state index contributed by atoms with van der Waals surface area (Å²) < 4.78 is 6.44. The molecule has 0 aromatic rings. The van der Waals surface area contributed by atoms with Gasteiger partial charge in [-0.05, 0) is 117 Å². The summed E-state index contributed by atoms with van der Waals surface area (Å²) in [7, 11) is 0. The lowest BCUT2D eigenvalue weighted by Crippen LogP contribution is -2.76. The number of aliphatic hydroxyl groups is 2. The van der Waals surface area contributed by atoms with Crippen molar-refractivity contribution in [2.75, 3.05) is 13.2 Å². The molecule has 1 saturated heterocycles. The number of carboxylic acid groups (broad SMARTS) is 1. The van der Waals surface area contributed by atoms with E-state index < -0.39 is 17.2 Å². The van der Waals surface area contributed by atoms with Crippen LogP contribution >= 0.6 is 0 Å². The number of hydrogen-bond donors (Lipinski definition) is 3. The fourth-order valence-corrected chi connectivity index (χ4v) is 14.1. The van der Waals surface area contributed by atoms with Crippen molar-refractivity contribution in [3.05, 3.63) is 12.2 Å². The molecule has 12 unspecified atom stereocenters. The van der Waals surface area contributed by atoms with E-state index in [4.69, 9.17) is 4.74 Å². The third-order valence-corrected chi connectivity index (χ3v) is 16.3. The van der Waals surface area contributed by atoms with Gasteiger partial charge < -0.3 is 20.1 Å². The Balaban J connectivity index is 1.37. The van der Waals surface area contributed by atoms with E-state index in [1.54, 1.807) is 0 Å². The first-order valence-corrected chi connectivity index (χ1v) is 16.6. The van der Waals surface area contributed by atoms with Crippen LogP contribution in [0.25, 0.3) is 0 Å². The topological polar surface area (TPSA) is 87.0 Å². The van der Waals surface area contributed by atoms with Gasteiger partial charge in [-0.1, -0.05) is 46.3 Å². The van der Waals surface area contributed by atoms with E-state index in [-0.39, 0.29) is 50.9 Å². The molecule has 224 valence electrons. The third kappa shape index (κ3) is 2.81. The number of rotatable bonds is 4. The van der Waals surface area contributed by atoms with Gasteiger partial charge in [0.2, 0.25) is 0 Å². The smallest absolute Gasteiger partial charge is 0.309 e. The van der Waals surface area contributed by atoms with Gasteiger partial charge in [-0.15, -0.1) is 0 Å². The minimum atomic E-state index is -1.07. The van der Waals surface area contributed by atoms with Crippen molar-refractivity contribution in [1.29, 1.82) is 0 Å². The van der Waals surface area contributed by atoms with Gasteiger partial charge >= 0.3 is 5.97 Å². The fourth-order valence-electron chi connectivity index (χ4n) is 14.1. The maximum Gasteiger partial charge on any atom is 0.309 e. The molecule has 12 atom stereocenters. The van der Waals surface area contributed by atoms with Crippen molar-refractivity contribution in [3.8, 4) is 0 Å². The molecule has 6 fully saturated rings. The zero-order chi connectivity index (χ0) is 28.6. The second-order valence-corrected chi connectivity index (χ2v) is 17.1. The Hall–Kier alpha value is -0.910. The molecule has 3 N–H and O–H groups in total. The summed E-state index contributed by atoms with van der Waals surface area (Å²) >= 11 is 0. The molecule has 0 amide bonds. The minimum absolute atomic E-state index is 0.00674. The molecule has 6 aliphatic carbocycles. The standard InChI is InChI=1S/C35H54O5/c1-6-8-25-33-12-10-24-30(4)16-15-28(2)13-14-29(3,27(37)38)20-26(28)31(30,5)17-18-32(24)11-7-9-23(34(32,33)21-36)19-35(25,39)40-22-33/h7,9,23-26,36,39H,6,8,10-22H2,1-5H3,(H,37,38). The summed E-state index contributed by atoms with van der Waals surface area (Å²) in [5.74, 6) is -0.571. The number of carbonyl (C=O) groups is 1. The van der Waals surface area contributed by atoms with Crippen LogP contribution in [0.3, 0.4) is 0 Å². The van der Waals surface area contributed by atoms with Crippen LogP contribution in [0.15, 0.2) is 12.2 Å². The summed E-state index contributed by atoms with van der Waals surface area (Å²) in [4.78, 5) is 12.5. The highest BCUT2D eigenvalue weighted by Gasteiger charge is 2.82. The molecular weight excluding hydrogens is 500 g/mol. The lowest BCUT2D eigenvalue weighted by Gasteiger charge is -2.79. The molecule has 2 spiro atoms. The van der Waals surface area contributed by atoms with E-state index in [0.29, 0.717) is 24.9 Å². The molecule has 40 heavy (non-hydrogen) atoms. The van der Waals surface area contributed by atoms with E-state index in [1.165, 1.54) is 12.8 Å². The summed E-state index contributed by atoms with van der Waals surface area (Å²) in [5, 5.41) is 34.0. The van der Waals surface area contributed by atoms with Crippen LogP contribution in [0.2, 0.25) is 0 Å². The molecule has 2 bridgehead atoms. The van der Waals surface area contributed by atoms with Crippen LogP contribution < -0.4 is 0 Å². The van der Waals surface area contributed by atoms with Crippen molar-refractivity contribution in [1.82, 2.24) is 0 Å². The zero-order valence-electron chi connectivity index (χ0n) is 25.7. The first-order chi connectivity index (χ1) is 18.8. The summed E-state index contributed by atoms with van der Waals surface area (Å²) in [6.45, 7) is 12.6. The van der Waals surface area contributed by atoms with Crippen LogP contribution in [0.5, 0.6) is 0 Å². The molecule has 5 nitrogen and oxygen atoms in total. The van der Waals surface area contributed by atoms with Gasteiger partial charge in [-0.3, -0.25) is 4.79 Å². The molecule has 0 aromatic heterocycles. The van der Waals surface area contributed by atoms with E-state index >= 15 is 0 Å². The quantitative estimate of drug-likeness (QED) is 0.327. The minimum Gasteiger partial charge on any atom is -0.481 e. The fraction of sp³-hybridized carbons (Fsp3) is 0.914. The lowest BCUT2D eigenvalue weighted by atomic mass is 9.24. The first-order valence-electron chi connectivity index (χ1n) is 16.6. The Morgan fingerprint density at radius 1 is 0.925 bits per heavy atom. The van der Waals surface area contributed by atoms with Gasteiger partial charge in [0.1, 0.15) is 0 Å². The SMILES string of the molecule is CCCC1C2(O)CC3C=CCC45CCC6(C)C7CC(C)(C(=O)O)CCC7(C)CCC6(C)C4CCC1(CO2)C35CO. The largest absolute Gasteiger partial charge is 0.481 e. The highest BCUT2D eigenvalue weighted by atomic mass is 16.6. The Morgan fingerprint density at radius 2 is 1.62 bits per heavy atom. The van der Waals surface area contributed by atoms with Crippen molar-refractivity contribution in [3.63, 3.8) is 0 Å². The van der Waals surface area contributed by atoms with Gasteiger partial charge in [0.05, 0.1) is 18.6 Å². The molecule has 5 heteroatoms.